The molecular formula is C14H20ClNO3. The highest BCUT2D eigenvalue weighted by Crippen LogP contribution is 1.97. The van der Waals surface area contributed by atoms with Crippen molar-refractivity contribution in [2.45, 2.75) is 13.5 Å². The van der Waals surface area contributed by atoms with Crippen LogP contribution in [0.1, 0.15) is 12.5 Å². The Labute approximate surface area is 119 Å². The number of alkyl carbamates (subject to hydrolysis) is 1. The third kappa shape index (κ3) is 11.3. The van der Waals surface area contributed by atoms with Gasteiger partial charge in [0.05, 0.1) is 13.2 Å². The number of nitrogens with one attached hydrogen (secondary N) is 1. The molecule has 0 aliphatic heterocycles. The first-order valence-corrected chi connectivity index (χ1v) is 6.54. The molecule has 5 heteroatoms. The summed E-state index contributed by atoms with van der Waals surface area (Å²) in [4.78, 5) is 10.9. The first-order chi connectivity index (χ1) is 9.24. The molecule has 0 atom stereocenters. The van der Waals surface area contributed by atoms with Crippen molar-refractivity contribution in [1.82, 2.24) is 5.32 Å². The minimum Gasteiger partial charge on any atom is -0.450 e. The highest BCUT2D eigenvalue weighted by Gasteiger charge is 1.98. The minimum absolute atomic E-state index is 0.0900. The number of benzene rings is 1. The smallest absolute Gasteiger partial charge is 0.407 e. The highest BCUT2D eigenvalue weighted by molar-refractivity contribution is 6.18. The SMILES string of the molecule is CCOC(=O)NCc1ccccc1.OCC=CCCl. The summed E-state index contributed by atoms with van der Waals surface area (Å²) in [5.41, 5.74) is 1.07. The van der Waals surface area contributed by atoms with Crippen LogP contribution in [0.5, 0.6) is 0 Å². The lowest BCUT2D eigenvalue weighted by molar-refractivity contribution is 0.151. The van der Waals surface area contributed by atoms with Crippen LogP contribution in [-0.4, -0.2) is 30.3 Å². The molecule has 19 heavy (non-hydrogen) atoms. The van der Waals surface area contributed by atoms with E-state index in [1.54, 1.807) is 19.1 Å². The van der Waals surface area contributed by atoms with Gasteiger partial charge in [-0.15, -0.1) is 11.6 Å². The van der Waals surface area contributed by atoms with Gasteiger partial charge >= 0.3 is 6.09 Å². The van der Waals surface area contributed by atoms with Crippen molar-refractivity contribution in [2.75, 3.05) is 19.1 Å². The van der Waals surface area contributed by atoms with Gasteiger partial charge in [-0.3, -0.25) is 0 Å². The molecular weight excluding hydrogens is 266 g/mol. The molecule has 1 amide bonds. The van der Waals surface area contributed by atoms with E-state index in [2.05, 4.69) is 5.32 Å². The van der Waals surface area contributed by atoms with Gasteiger partial charge in [0.2, 0.25) is 0 Å². The quantitative estimate of drug-likeness (QED) is 0.646. The van der Waals surface area contributed by atoms with Gasteiger partial charge in [0.25, 0.3) is 0 Å². The number of rotatable bonds is 5. The van der Waals surface area contributed by atoms with Crippen molar-refractivity contribution >= 4 is 17.7 Å². The van der Waals surface area contributed by atoms with E-state index in [-0.39, 0.29) is 12.7 Å². The number of aliphatic hydroxyl groups is 1. The number of amides is 1. The fourth-order valence-electron chi connectivity index (χ4n) is 1.09. The van der Waals surface area contributed by atoms with Crippen LogP contribution in [0.4, 0.5) is 4.79 Å². The zero-order chi connectivity index (χ0) is 14.3. The van der Waals surface area contributed by atoms with Crippen LogP contribution in [0.15, 0.2) is 42.5 Å². The topological polar surface area (TPSA) is 58.6 Å². The monoisotopic (exact) mass is 285 g/mol. The maximum atomic E-state index is 10.9. The van der Waals surface area contributed by atoms with Gasteiger partial charge in [-0.2, -0.15) is 0 Å². The lowest BCUT2D eigenvalue weighted by atomic mass is 10.2. The summed E-state index contributed by atoms with van der Waals surface area (Å²) in [6, 6.07) is 9.71. The molecule has 0 fully saturated rings. The second-order valence-electron chi connectivity index (χ2n) is 3.37. The van der Waals surface area contributed by atoms with Crippen molar-refractivity contribution in [3.05, 3.63) is 48.0 Å². The Morgan fingerprint density at radius 3 is 2.53 bits per heavy atom. The molecule has 0 aromatic heterocycles. The second kappa shape index (κ2) is 12.9. The Morgan fingerprint density at radius 2 is 2.05 bits per heavy atom. The number of aliphatic hydroxyl groups excluding tert-OH is 1. The average Bonchev–Trinajstić information content (AvgIpc) is 2.45. The molecule has 0 unspecified atom stereocenters. The molecule has 0 spiro atoms. The zero-order valence-electron chi connectivity index (χ0n) is 11.0. The fraction of sp³-hybridized carbons (Fsp3) is 0.357. The summed E-state index contributed by atoms with van der Waals surface area (Å²) < 4.78 is 4.71. The van der Waals surface area contributed by atoms with Crippen molar-refractivity contribution < 1.29 is 14.6 Å². The van der Waals surface area contributed by atoms with E-state index in [9.17, 15) is 4.79 Å². The molecule has 1 aromatic rings. The van der Waals surface area contributed by atoms with E-state index in [1.807, 2.05) is 30.3 Å². The third-order valence-corrected chi connectivity index (χ3v) is 2.09. The molecule has 106 valence electrons. The molecule has 0 heterocycles. The summed E-state index contributed by atoms with van der Waals surface area (Å²) in [6.45, 7) is 2.79. The van der Waals surface area contributed by atoms with E-state index in [1.165, 1.54) is 0 Å². The molecule has 4 nitrogen and oxygen atoms in total. The molecule has 0 radical (unpaired) electrons. The maximum Gasteiger partial charge on any atom is 0.407 e. The Bertz CT molecular complexity index is 349. The average molecular weight is 286 g/mol. The van der Waals surface area contributed by atoms with Crippen LogP contribution in [-0.2, 0) is 11.3 Å². The van der Waals surface area contributed by atoms with E-state index in [0.29, 0.717) is 19.0 Å². The summed E-state index contributed by atoms with van der Waals surface area (Å²) in [6.07, 6.45) is 2.93. The van der Waals surface area contributed by atoms with Gasteiger partial charge in [0.15, 0.2) is 0 Å². The zero-order valence-corrected chi connectivity index (χ0v) is 11.8. The molecule has 1 aromatic carbocycles. The van der Waals surface area contributed by atoms with Crippen LogP contribution in [0.3, 0.4) is 0 Å². The number of allylic oxidation sites excluding steroid dienone is 1. The number of halogens is 1. The van der Waals surface area contributed by atoms with Crippen molar-refractivity contribution in [3.8, 4) is 0 Å². The van der Waals surface area contributed by atoms with Crippen molar-refractivity contribution in [2.24, 2.45) is 0 Å². The van der Waals surface area contributed by atoms with Crippen molar-refractivity contribution in [3.63, 3.8) is 0 Å². The number of carbonyl (C=O) groups is 1. The number of alkyl halides is 1. The van der Waals surface area contributed by atoms with E-state index < -0.39 is 0 Å². The van der Waals surface area contributed by atoms with Crippen LogP contribution in [0.2, 0.25) is 0 Å². The van der Waals surface area contributed by atoms with Crippen LogP contribution in [0.25, 0.3) is 0 Å². The Balaban J connectivity index is 0.000000459. The predicted molar refractivity (Wildman–Crippen MR) is 77.2 cm³/mol. The van der Waals surface area contributed by atoms with Crippen LogP contribution < -0.4 is 5.32 Å². The van der Waals surface area contributed by atoms with Gasteiger partial charge < -0.3 is 15.2 Å². The number of hydrogen-bond donors (Lipinski definition) is 2. The molecule has 0 bridgehead atoms. The standard InChI is InChI=1S/C10H13NO2.C4H7ClO/c1-2-13-10(12)11-8-9-6-4-3-5-7-9;5-3-1-2-4-6/h3-7H,2,8H2,1H3,(H,11,12);1-2,6H,3-4H2. The van der Waals surface area contributed by atoms with E-state index in [0.717, 1.165) is 5.56 Å². The molecule has 0 aliphatic carbocycles. The maximum absolute atomic E-state index is 10.9. The minimum atomic E-state index is -0.369. The normalized spacial score (nSPS) is 9.63. The first-order valence-electron chi connectivity index (χ1n) is 6.01. The van der Waals surface area contributed by atoms with Gasteiger partial charge in [-0.25, -0.2) is 4.79 Å². The third-order valence-electron chi connectivity index (χ3n) is 1.92. The van der Waals surface area contributed by atoms with E-state index in [4.69, 9.17) is 21.4 Å². The first kappa shape index (κ1) is 17.5. The summed E-state index contributed by atoms with van der Waals surface area (Å²) >= 11 is 5.18. The summed E-state index contributed by atoms with van der Waals surface area (Å²) in [7, 11) is 0. The number of carbonyl (C=O) groups excluding carboxylic acids is 1. The molecule has 1 rings (SSSR count). The van der Waals surface area contributed by atoms with Gasteiger partial charge in [0, 0.05) is 12.4 Å². The van der Waals surface area contributed by atoms with Crippen molar-refractivity contribution in [1.29, 1.82) is 0 Å². The largest absolute Gasteiger partial charge is 0.450 e. The highest BCUT2D eigenvalue weighted by atomic mass is 35.5. The number of hydrogen-bond acceptors (Lipinski definition) is 3. The Hall–Kier alpha value is -1.52. The summed E-state index contributed by atoms with van der Waals surface area (Å²) in [5, 5.41) is 10.7. The molecule has 0 saturated carbocycles. The number of ether oxygens (including phenoxy) is 1. The van der Waals surface area contributed by atoms with Gasteiger partial charge in [-0.05, 0) is 12.5 Å². The van der Waals surface area contributed by atoms with E-state index >= 15 is 0 Å². The lowest BCUT2D eigenvalue weighted by Crippen LogP contribution is -2.23. The fourth-order valence-corrected chi connectivity index (χ4v) is 1.22. The lowest BCUT2D eigenvalue weighted by Gasteiger charge is -2.04. The van der Waals surface area contributed by atoms with Crippen LogP contribution in [0, 0.1) is 0 Å². The molecule has 0 aliphatic rings. The predicted octanol–water partition coefficient (Wildman–Crippen LogP) is 2.71. The Morgan fingerprint density at radius 1 is 1.37 bits per heavy atom. The van der Waals surface area contributed by atoms with Gasteiger partial charge in [0.1, 0.15) is 0 Å². The molecule has 0 saturated heterocycles. The van der Waals surface area contributed by atoms with Gasteiger partial charge in [-0.1, -0.05) is 42.5 Å². The van der Waals surface area contributed by atoms with Crippen LogP contribution >= 0.6 is 11.6 Å². The second-order valence-corrected chi connectivity index (χ2v) is 3.68. The molecule has 2 N–H and O–H groups in total. The summed E-state index contributed by atoms with van der Waals surface area (Å²) in [5.74, 6) is 0.487. The Kier molecular flexibility index (Phi) is 11.9.